The number of fused-ring (bicyclic) bond motifs is 1. The van der Waals surface area contributed by atoms with Crippen LogP contribution in [0.5, 0.6) is 11.5 Å². The van der Waals surface area contributed by atoms with Crippen LogP contribution in [0.4, 0.5) is 18.9 Å². The molecule has 0 saturated carbocycles. The lowest BCUT2D eigenvalue weighted by molar-refractivity contribution is -0.137. The van der Waals surface area contributed by atoms with E-state index in [-0.39, 0.29) is 22.4 Å². The van der Waals surface area contributed by atoms with E-state index in [0.717, 1.165) is 12.1 Å². The molecule has 0 aliphatic heterocycles. The molecular formula is C25H18ClF3N2O3. The summed E-state index contributed by atoms with van der Waals surface area (Å²) in [6, 6.07) is 16.3. The third-order valence-corrected chi connectivity index (χ3v) is 5.39. The molecule has 0 unspecified atom stereocenters. The molecule has 0 aliphatic rings. The molecule has 0 bridgehead atoms. The fourth-order valence-electron chi connectivity index (χ4n) is 3.49. The van der Waals surface area contributed by atoms with Gasteiger partial charge in [-0.05, 0) is 55.5 Å². The Kier molecular flexibility index (Phi) is 6.34. The Labute approximate surface area is 197 Å². The van der Waals surface area contributed by atoms with Gasteiger partial charge in [-0.2, -0.15) is 13.2 Å². The smallest absolute Gasteiger partial charge is 0.416 e. The average Bonchev–Trinajstić information content (AvgIpc) is 2.81. The zero-order valence-corrected chi connectivity index (χ0v) is 18.6. The Bertz CT molecular complexity index is 1430. The van der Waals surface area contributed by atoms with Crippen molar-refractivity contribution < 1.29 is 22.7 Å². The van der Waals surface area contributed by atoms with Crippen molar-refractivity contribution in [2.75, 3.05) is 5.32 Å². The van der Waals surface area contributed by atoms with Gasteiger partial charge in [0.2, 0.25) is 5.43 Å². The number of aryl methyl sites for hydroxylation is 1. The summed E-state index contributed by atoms with van der Waals surface area (Å²) in [5.41, 5.74) is -1.58. The Balaban J connectivity index is 1.76. The SMILES string of the molecule is CCn1cc(C(=O)Nc2cc(Cl)ccc2Oc2ccccc2)c(=O)c2cc(C(F)(F)F)ccc21. The topological polar surface area (TPSA) is 60.3 Å². The monoisotopic (exact) mass is 486 g/mol. The van der Waals surface area contributed by atoms with E-state index in [4.69, 9.17) is 16.3 Å². The van der Waals surface area contributed by atoms with Gasteiger partial charge < -0.3 is 14.6 Å². The largest absolute Gasteiger partial charge is 0.455 e. The van der Waals surface area contributed by atoms with Crippen LogP contribution >= 0.6 is 11.6 Å². The van der Waals surface area contributed by atoms with Crippen LogP contribution in [0.2, 0.25) is 5.02 Å². The maximum Gasteiger partial charge on any atom is 0.416 e. The molecule has 3 aromatic carbocycles. The quantitative estimate of drug-likeness (QED) is 0.340. The highest BCUT2D eigenvalue weighted by Gasteiger charge is 2.31. The first-order valence-electron chi connectivity index (χ1n) is 10.3. The number of nitrogens with zero attached hydrogens (tertiary/aromatic N) is 1. The fourth-order valence-corrected chi connectivity index (χ4v) is 3.66. The van der Waals surface area contributed by atoms with Crippen LogP contribution in [-0.2, 0) is 12.7 Å². The molecular weight excluding hydrogens is 469 g/mol. The zero-order chi connectivity index (χ0) is 24.5. The lowest BCUT2D eigenvalue weighted by atomic mass is 10.1. The van der Waals surface area contributed by atoms with E-state index >= 15 is 0 Å². The highest BCUT2D eigenvalue weighted by molar-refractivity contribution is 6.31. The van der Waals surface area contributed by atoms with Gasteiger partial charge in [0.25, 0.3) is 5.91 Å². The van der Waals surface area contributed by atoms with E-state index in [0.29, 0.717) is 22.8 Å². The number of alkyl halides is 3. The summed E-state index contributed by atoms with van der Waals surface area (Å²) >= 11 is 6.09. The number of anilines is 1. The van der Waals surface area contributed by atoms with Crippen LogP contribution in [0.25, 0.3) is 10.9 Å². The highest BCUT2D eigenvalue weighted by Crippen LogP contribution is 2.33. The first-order valence-corrected chi connectivity index (χ1v) is 10.6. The number of rotatable bonds is 5. The van der Waals surface area contributed by atoms with Crippen molar-refractivity contribution >= 4 is 34.1 Å². The molecule has 0 saturated heterocycles. The molecule has 1 aromatic heterocycles. The first-order chi connectivity index (χ1) is 16.2. The van der Waals surface area contributed by atoms with E-state index in [1.54, 1.807) is 47.9 Å². The van der Waals surface area contributed by atoms with Crippen LogP contribution in [0.15, 0.2) is 77.7 Å². The maximum atomic E-state index is 13.2. The molecule has 9 heteroatoms. The minimum Gasteiger partial charge on any atom is -0.455 e. The summed E-state index contributed by atoms with van der Waals surface area (Å²) in [7, 11) is 0. The van der Waals surface area contributed by atoms with Gasteiger partial charge in [-0.25, -0.2) is 0 Å². The minimum atomic E-state index is -4.62. The van der Waals surface area contributed by atoms with Crippen LogP contribution in [-0.4, -0.2) is 10.5 Å². The number of hydrogen-bond donors (Lipinski definition) is 1. The normalized spacial score (nSPS) is 11.4. The molecule has 0 fully saturated rings. The molecule has 1 heterocycles. The number of para-hydroxylation sites is 1. The number of ether oxygens (including phenoxy) is 1. The number of nitrogens with one attached hydrogen (secondary N) is 1. The molecule has 1 N–H and O–H groups in total. The zero-order valence-electron chi connectivity index (χ0n) is 17.8. The maximum absolute atomic E-state index is 13.2. The molecule has 34 heavy (non-hydrogen) atoms. The molecule has 0 spiro atoms. The molecule has 0 radical (unpaired) electrons. The van der Waals surface area contributed by atoms with Crippen LogP contribution in [0.1, 0.15) is 22.8 Å². The van der Waals surface area contributed by atoms with Gasteiger partial charge in [-0.3, -0.25) is 9.59 Å². The molecule has 4 aromatic rings. The van der Waals surface area contributed by atoms with Crippen molar-refractivity contribution in [3.8, 4) is 11.5 Å². The summed E-state index contributed by atoms with van der Waals surface area (Å²) in [4.78, 5) is 26.2. The molecule has 0 atom stereocenters. The van der Waals surface area contributed by atoms with Gasteiger partial charge in [-0.1, -0.05) is 29.8 Å². The van der Waals surface area contributed by atoms with E-state index in [1.807, 2.05) is 6.07 Å². The predicted molar refractivity (Wildman–Crippen MR) is 125 cm³/mol. The summed E-state index contributed by atoms with van der Waals surface area (Å²) in [6.45, 7) is 2.09. The Hall–Kier alpha value is -3.78. The number of carbonyl (C=O) groups is 1. The summed E-state index contributed by atoms with van der Waals surface area (Å²) < 4.78 is 47.0. The Morgan fingerprint density at radius 2 is 1.79 bits per heavy atom. The fraction of sp³-hybridized carbons (Fsp3) is 0.120. The number of aromatic nitrogens is 1. The van der Waals surface area contributed by atoms with Crippen molar-refractivity contribution in [1.82, 2.24) is 4.57 Å². The van der Waals surface area contributed by atoms with Crippen molar-refractivity contribution in [2.24, 2.45) is 0 Å². The van der Waals surface area contributed by atoms with Gasteiger partial charge in [-0.15, -0.1) is 0 Å². The van der Waals surface area contributed by atoms with Crippen LogP contribution in [0.3, 0.4) is 0 Å². The van der Waals surface area contributed by atoms with Gasteiger partial charge in [0, 0.05) is 23.2 Å². The van der Waals surface area contributed by atoms with Crippen molar-refractivity contribution in [1.29, 1.82) is 0 Å². The van der Waals surface area contributed by atoms with Crippen molar-refractivity contribution in [3.63, 3.8) is 0 Å². The minimum absolute atomic E-state index is 0.198. The molecule has 4 rings (SSSR count). The lowest BCUT2D eigenvalue weighted by Crippen LogP contribution is -2.24. The van der Waals surface area contributed by atoms with E-state index in [9.17, 15) is 22.8 Å². The number of amides is 1. The Morgan fingerprint density at radius 1 is 1.06 bits per heavy atom. The average molecular weight is 487 g/mol. The summed E-state index contributed by atoms with van der Waals surface area (Å²) in [5, 5.41) is 2.72. The number of hydrogen-bond acceptors (Lipinski definition) is 3. The molecule has 1 amide bonds. The third kappa shape index (κ3) is 4.77. The van der Waals surface area contributed by atoms with Gasteiger partial charge in [0.1, 0.15) is 11.3 Å². The molecule has 0 aliphatic carbocycles. The summed E-state index contributed by atoms with van der Waals surface area (Å²) in [6.07, 6.45) is -3.30. The van der Waals surface area contributed by atoms with E-state index in [2.05, 4.69) is 5.32 Å². The van der Waals surface area contributed by atoms with Gasteiger partial charge >= 0.3 is 6.18 Å². The highest BCUT2D eigenvalue weighted by atomic mass is 35.5. The second-order valence-electron chi connectivity index (χ2n) is 7.40. The van der Waals surface area contributed by atoms with E-state index < -0.39 is 23.1 Å². The van der Waals surface area contributed by atoms with E-state index in [1.165, 1.54) is 18.3 Å². The number of halogens is 4. The van der Waals surface area contributed by atoms with Crippen molar-refractivity contribution in [3.05, 3.63) is 99.3 Å². The third-order valence-electron chi connectivity index (χ3n) is 5.15. The second-order valence-corrected chi connectivity index (χ2v) is 7.83. The Morgan fingerprint density at radius 3 is 2.47 bits per heavy atom. The van der Waals surface area contributed by atoms with Crippen molar-refractivity contribution in [2.45, 2.75) is 19.6 Å². The number of benzene rings is 3. The standard InChI is InChI=1S/C25H18ClF3N2O3/c1-2-31-14-19(23(32)18-12-15(25(27,28)29)8-10-21(18)31)24(33)30-20-13-16(26)9-11-22(20)34-17-6-4-3-5-7-17/h3-14H,2H2,1H3,(H,30,33). The van der Waals surface area contributed by atoms with Crippen LogP contribution < -0.4 is 15.5 Å². The lowest BCUT2D eigenvalue weighted by Gasteiger charge is -2.15. The predicted octanol–water partition coefficient (Wildman–Crippen LogP) is 6.74. The number of pyridine rings is 1. The number of carbonyl (C=O) groups excluding carboxylic acids is 1. The summed E-state index contributed by atoms with van der Waals surface area (Å²) in [5.74, 6) is -0.00866. The van der Waals surface area contributed by atoms with Gasteiger partial charge in [0.05, 0.1) is 16.8 Å². The first kappa shape index (κ1) is 23.4. The second kappa shape index (κ2) is 9.23. The van der Waals surface area contributed by atoms with Gasteiger partial charge in [0.15, 0.2) is 5.75 Å². The molecule has 174 valence electrons. The van der Waals surface area contributed by atoms with Crippen LogP contribution in [0, 0.1) is 0 Å². The molecule has 5 nitrogen and oxygen atoms in total.